The first-order valence-corrected chi connectivity index (χ1v) is 7.32. The van der Waals surface area contributed by atoms with Crippen molar-refractivity contribution in [2.45, 2.75) is 24.9 Å². The van der Waals surface area contributed by atoms with Crippen molar-refractivity contribution in [1.29, 1.82) is 0 Å². The van der Waals surface area contributed by atoms with Gasteiger partial charge in [-0.15, -0.1) is 16.9 Å². The normalized spacial score (nSPS) is 10.5. The van der Waals surface area contributed by atoms with E-state index in [1.807, 2.05) is 24.3 Å². The topological polar surface area (TPSA) is 85.8 Å². The van der Waals surface area contributed by atoms with Crippen LogP contribution in [0, 0.1) is 0 Å². The smallest absolute Gasteiger partial charge is 0.246 e. The molecule has 0 atom stereocenters. The molecule has 0 fully saturated rings. The Kier molecular flexibility index (Phi) is 5.14. The van der Waals surface area contributed by atoms with E-state index < -0.39 is 0 Å². The van der Waals surface area contributed by atoms with Gasteiger partial charge in [-0.3, -0.25) is 4.79 Å². The molecule has 0 unspecified atom stereocenters. The summed E-state index contributed by atoms with van der Waals surface area (Å²) in [6.07, 6.45) is 1.67. The number of thioether (sulfide) groups is 1. The van der Waals surface area contributed by atoms with E-state index in [1.165, 1.54) is 4.68 Å². The summed E-state index contributed by atoms with van der Waals surface area (Å²) in [4.78, 5) is 13.1. The lowest BCUT2D eigenvalue weighted by Gasteiger charge is -2.09. The Morgan fingerprint density at radius 2 is 2.25 bits per heavy atom. The molecule has 6 nitrogen and oxygen atoms in total. The van der Waals surface area contributed by atoms with Crippen LogP contribution in [0.5, 0.6) is 0 Å². The molecule has 20 heavy (non-hydrogen) atoms. The van der Waals surface area contributed by atoms with Crippen molar-refractivity contribution in [3.8, 4) is 0 Å². The van der Waals surface area contributed by atoms with Crippen molar-refractivity contribution >= 4 is 23.4 Å². The minimum absolute atomic E-state index is 0.123. The van der Waals surface area contributed by atoms with Gasteiger partial charge in [0.2, 0.25) is 5.91 Å². The van der Waals surface area contributed by atoms with E-state index in [9.17, 15) is 4.79 Å². The Morgan fingerprint density at radius 3 is 2.95 bits per heavy atom. The van der Waals surface area contributed by atoms with Gasteiger partial charge >= 0.3 is 0 Å². The van der Waals surface area contributed by atoms with Crippen LogP contribution in [0.3, 0.4) is 0 Å². The SMILES string of the molecule is CCSc1ccccc1NC(=O)Cn1cc(CN)nn1. The van der Waals surface area contributed by atoms with Crippen molar-refractivity contribution < 1.29 is 4.79 Å². The van der Waals surface area contributed by atoms with Gasteiger partial charge < -0.3 is 11.1 Å². The summed E-state index contributed by atoms with van der Waals surface area (Å²) in [7, 11) is 0. The van der Waals surface area contributed by atoms with Crippen LogP contribution in [0.2, 0.25) is 0 Å². The van der Waals surface area contributed by atoms with Gasteiger partial charge in [-0.2, -0.15) is 0 Å². The highest BCUT2D eigenvalue weighted by atomic mass is 32.2. The highest BCUT2D eigenvalue weighted by molar-refractivity contribution is 7.99. The maximum Gasteiger partial charge on any atom is 0.246 e. The van der Waals surface area contributed by atoms with Crippen LogP contribution in [0.25, 0.3) is 0 Å². The Bertz CT molecular complexity index is 584. The van der Waals surface area contributed by atoms with Gasteiger partial charge in [-0.1, -0.05) is 24.3 Å². The molecule has 0 aliphatic carbocycles. The highest BCUT2D eigenvalue weighted by Crippen LogP contribution is 2.26. The van der Waals surface area contributed by atoms with Crippen molar-refractivity contribution in [1.82, 2.24) is 15.0 Å². The second kappa shape index (κ2) is 7.06. The number of nitrogens with two attached hydrogens (primary N) is 1. The Labute approximate surface area is 121 Å². The maximum atomic E-state index is 12.0. The number of amides is 1. The molecule has 1 heterocycles. The number of nitrogens with zero attached hydrogens (tertiary/aromatic N) is 3. The zero-order valence-electron chi connectivity index (χ0n) is 11.2. The van der Waals surface area contributed by atoms with Crippen LogP contribution in [0.1, 0.15) is 12.6 Å². The summed E-state index contributed by atoms with van der Waals surface area (Å²) in [5, 5.41) is 10.6. The molecule has 0 spiro atoms. The zero-order valence-corrected chi connectivity index (χ0v) is 12.1. The third kappa shape index (κ3) is 3.82. The number of hydrogen-bond acceptors (Lipinski definition) is 5. The summed E-state index contributed by atoms with van der Waals surface area (Å²) in [6.45, 7) is 2.52. The van der Waals surface area contributed by atoms with Crippen molar-refractivity contribution in [3.05, 3.63) is 36.2 Å². The molecule has 0 saturated heterocycles. The fourth-order valence-corrected chi connectivity index (χ4v) is 2.46. The summed E-state index contributed by atoms with van der Waals surface area (Å²) < 4.78 is 1.48. The molecule has 1 aromatic carbocycles. The standard InChI is InChI=1S/C13H17N5OS/c1-2-20-12-6-4-3-5-11(12)15-13(19)9-18-8-10(7-14)16-17-18/h3-6,8H,2,7,9,14H2,1H3,(H,15,19). The number of benzene rings is 1. The Hall–Kier alpha value is -1.86. The average molecular weight is 291 g/mol. The molecule has 0 aliphatic rings. The highest BCUT2D eigenvalue weighted by Gasteiger charge is 2.08. The molecule has 0 radical (unpaired) electrons. The van der Waals surface area contributed by atoms with Crippen molar-refractivity contribution in [3.63, 3.8) is 0 Å². The molecule has 1 aromatic heterocycles. The van der Waals surface area contributed by atoms with E-state index in [4.69, 9.17) is 5.73 Å². The molecule has 0 saturated carbocycles. The second-order valence-electron chi connectivity index (χ2n) is 4.09. The van der Waals surface area contributed by atoms with E-state index in [2.05, 4.69) is 22.6 Å². The van der Waals surface area contributed by atoms with Crippen LogP contribution in [-0.2, 0) is 17.9 Å². The van der Waals surface area contributed by atoms with E-state index in [0.29, 0.717) is 12.2 Å². The molecular formula is C13H17N5OS. The van der Waals surface area contributed by atoms with Crippen LogP contribution in [0.4, 0.5) is 5.69 Å². The molecule has 7 heteroatoms. The van der Waals surface area contributed by atoms with E-state index in [1.54, 1.807) is 18.0 Å². The first kappa shape index (κ1) is 14.5. The number of rotatable bonds is 6. The molecule has 106 valence electrons. The average Bonchev–Trinajstić information content (AvgIpc) is 2.89. The third-order valence-electron chi connectivity index (χ3n) is 2.56. The van der Waals surface area contributed by atoms with Crippen molar-refractivity contribution in [2.75, 3.05) is 11.1 Å². The second-order valence-corrected chi connectivity index (χ2v) is 5.39. The Morgan fingerprint density at radius 1 is 1.45 bits per heavy atom. The first-order valence-electron chi connectivity index (χ1n) is 6.33. The van der Waals surface area contributed by atoms with Gasteiger partial charge in [-0.25, -0.2) is 4.68 Å². The summed E-state index contributed by atoms with van der Waals surface area (Å²) in [6, 6.07) is 7.74. The molecular weight excluding hydrogens is 274 g/mol. The van der Waals surface area contributed by atoms with E-state index in [-0.39, 0.29) is 12.5 Å². The van der Waals surface area contributed by atoms with Crippen LogP contribution in [0.15, 0.2) is 35.4 Å². The molecule has 2 aromatic rings. The minimum Gasteiger partial charge on any atom is -0.325 e. The van der Waals surface area contributed by atoms with E-state index in [0.717, 1.165) is 16.3 Å². The fraction of sp³-hybridized carbons (Fsp3) is 0.308. The lowest BCUT2D eigenvalue weighted by atomic mass is 10.3. The van der Waals surface area contributed by atoms with Gasteiger partial charge in [0, 0.05) is 11.4 Å². The predicted molar refractivity (Wildman–Crippen MR) is 79.4 cm³/mol. The van der Waals surface area contributed by atoms with E-state index >= 15 is 0 Å². The Balaban J connectivity index is 2.00. The quantitative estimate of drug-likeness (QED) is 0.787. The predicted octanol–water partition coefficient (Wildman–Crippen LogP) is 1.49. The summed E-state index contributed by atoms with van der Waals surface area (Å²) >= 11 is 1.69. The minimum atomic E-state index is -0.136. The van der Waals surface area contributed by atoms with Crippen LogP contribution in [-0.4, -0.2) is 26.7 Å². The third-order valence-corrected chi connectivity index (χ3v) is 3.52. The number of aromatic nitrogens is 3. The molecule has 0 bridgehead atoms. The summed E-state index contributed by atoms with van der Waals surface area (Å²) in [5.74, 6) is 0.818. The molecule has 1 amide bonds. The van der Waals surface area contributed by atoms with Crippen molar-refractivity contribution in [2.24, 2.45) is 5.73 Å². The lowest BCUT2D eigenvalue weighted by Crippen LogP contribution is -2.19. The zero-order chi connectivity index (χ0) is 14.4. The number of nitrogens with one attached hydrogen (secondary N) is 1. The van der Waals surface area contributed by atoms with Gasteiger partial charge in [0.25, 0.3) is 0 Å². The monoisotopic (exact) mass is 291 g/mol. The number of para-hydroxylation sites is 1. The summed E-state index contributed by atoms with van der Waals surface area (Å²) in [5.41, 5.74) is 6.94. The number of anilines is 1. The number of carbonyl (C=O) groups is 1. The number of carbonyl (C=O) groups excluding carboxylic acids is 1. The molecule has 2 rings (SSSR count). The van der Waals surface area contributed by atoms with Gasteiger partial charge in [-0.05, 0) is 17.9 Å². The maximum absolute atomic E-state index is 12.0. The molecule has 0 aliphatic heterocycles. The largest absolute Gasteiger partial charge is 0.325 e. The van der Waals surface area contributed by atoms with Gasteiger partial charge in [0.15, 0.2) is 0 Å². The fourth-order valence-electron chi connectivity index (χ4n) is 1.70. The van der Waals surface area contributed by atoms with Gasteiger partial charge in [0.1, 0.15) is 6.54 Å². The van der Waals surface area contributed by atoms with Gasteiger partial charge in [0.05, 0.1) is 17.6 Å². The van der Waals surface area contributed by atoms with Crippen LogP contribution >= 0.6 is 11.8 Å². The molecule has 3 N–H and O–H groups in total. The first-order chi connectivity index (χ1) is 9.72. The number of hydrogen-bond donors (Lipinski definition) is 2. The lowest BCUT2D eigenvalue weighted by molar-refractivity contribution is -0.116. The van der Waals surface area contributed by atoms with Crippen LogP contribution < -0.4 is 11.1 Å².